The molecule has 2 saturated heterocycles. The number of amides is 4. The van der Waals surface area contributed by atoms with Gasteiger partial charge in [0, 0.05) is 38.5 Å². The number of carbonyl (C=O) groups excluding carboxylic acids is 3. The molecule has 1 N–H and O–H groups in total. The highest BCUT2D eigenvalue weighted by molar-refractivity contribution is 6.03. The first-order chi connectivity index (χ1) is 11.0. The summed E-state index contributed by atoms with van der Waals surface area (Å²) in [4.78, 5) is 38.7. The van der Waals surface area contributed by atoms with Crippen molar-refractivity contribution in [3.8, 4) is 0 Å². The largest absolute Gasteiger partial charge is 0.338 e. The fraction of sp³-hybridized carbons (Fsp3) is 0.824. The van der Waals surface area contributed by atoms with Crippen molar-refractivity contribution in [2.45, 2.75) is 52.4 Å². The van der Waals surface area contributed by atoms with Crippen LogP contribution in [-0.4, -0.2) is 53.8 Å². The van der Waals surface area contributed by atoms with Gasteiger partial charge < -0.3 is 10.2 Å². The van der Waals surface area contributed by atoms with Crippen molar-refractivity contribution in [1.29, 1.82) is 0 Å². The van der Waals surface area contributed by atoms with Crippen molar-refractivity contribution in [3.05, 3.63) is 0 Å². The summed E-state index contributed by atoms with van der Waals surface area (Å²) < 4.78 is 0. The number of nitrogens with zero attached hydrogens (tertiary/aromatic N) is 2. The zero-order valence-electron chi connectivity index (χ0n) is 14.3. The Labute approximate surface area is 138 Å². The van der Waals surface area contributed by atoms with Crippen LogP contribution in [0.3, 0.4) is 0 Å². The summed E-state index contributed by atoms with van der Waals surface area (Å²) in [7, 11) is 0. The van der Waals surface area contributed by atoms with E-state index in [0.29, 0.717) is 19.5 Å². The Morgan fingerprint density at radius 3 is 2.43 bits per heavy atom. The Kier molecular flexibility index (Phi) is 6.42. The lowest BCUT2D eigenvalue weighted by atomic mass is 10.00. The van der Waals surface area contributed by atoms with Crippen LogP contribution in [0, 0.1) is 11.8 Å². The lowest BCUT2D eigenvalue weighted by molar-refractivity contribution is -0.139. The Balaban J connectivity index is 1.53. The molecule has 23 heavy (non-hydrogen) atoms. The van der Waals surface area contributed by atoms with Gasteiger partial charge in [-0.05, 0) is 38.0 Å². The van der Waals surface area contributed by atoms with Gasteiger partial charge in [0.05, 0.1) is 0 Å². The summed E-state index contributed by atoms with van der Waals surface area (Å²) in [5.41, 5.74) is 0. The maximum atomic E-state index is 12.0. The van der Waals surface area contributed by atoms with Crippen LogP contribution >= 0.6 is 0 Å². The molecule has 0 bridgehead atoms. The van der Waals surface area contributed by atoms with Crippen LogP contribution in [0.2, 0.25) is 0 Å². The number of imide groups is 1. The molecule has 0 radical (unpaired) electrons. The van der Waals surface area contributed by atoms with E-state index in [4.69, 9.17) is 0 Å². The first kappa shape index (κ1) is 17.8. The fourth-order valence-corrected chi connectivity index (χ4v) is 3.17. The van der Waals surface area contributed by atoms with Gasteiger partial charge in [-0.25, -0.2) is 4.79 Å². The van der Waals surface area contributed by atoms with E-state index in [1.807, 2.05) is 4.90 Å². The second-order valence-corrected chi connectivity index (χ2v) is 6.95. The Hall–Kier alpha value is -1.59. The highest BCUT2D eigenvalue weighted by Gasteiger charge is 2.34. The van der Waals surface area contributed by atoms with Crippen molar-refractivity contribution < 1.29 is 14.4 Å². The van der Waals surface area contributed by atoms with Crippen LogP contribution in [0.1, 0.15) is 52.4 Å². The van der Waals surface area contributed by atoms with E-state index in [-0.39, 0.29) is 23.8 Å². The molecule has 2 aliphatic heterocycles. The summed E-state index contributed by atoms with van der Waals surface area (Å²) >= 11 is 0. The van der Waals surface area contributed by atoms with E-state index in [9.17, 15) is 14.4 Å². The number of rotatable bonds is 6. The third-order valence-corrected chi connectivity index (χ3v) is 4.88. The van der Waals surface area contributed by atoms with E-state index < -0.39 is 0 Å². The highest BCUT2D eigenvalue weighted by atomic mass is 16.2. The van der Waals surface area contributed by atoms with Crippen LogP contribution in [0.4, 0.5) is 4.79 Å². The summed E-state index contributed by atoms with van der Waals surface area (Å²) in [5, 5.41) is 2.96. The highest BCUT2D eigenvalue weighted by Crippen LogP contribution is 2.19. The summed E-state index contributed by atoms with van der Waals surface area (Å²) in [5.74, 6) is 0.476. The van der Waals surface area contributed by atoms with Crippen LogP contribution in [-0.2, 0) is 9.59 Å². The number of unbranched alkanes of at least 4 members (excludes halogenated alkanes) is 2. The van der Waals surface area contributed by atoms with Crippen molar-refractivity contribution in [3.63, 3.8) is 0 Å². The minimum Gasteiger partial charge on any atom is -0.338 e. The van der Waals surface area contributed by atoms with Gasteiger partial charge in [0.2, 0.25) is 11.8 Å². The molecule has 1 atom stereocenters. The van der Waals surface area contributed by atoms with Gasteiger partial charge in [-0.1, -0.05) is 13.8 Å². The minimum absolute atomic E-state index is 0.0376. The topological polar surface area (TPSA) is 69.7 Å². The molecule has 2 fully saturated rings. The molecule has 0 aromatic carbocycles. The maximum absolute atomic E-state index is 12.0. The normalized spacial score (nSPS) is 22.8. The average molecular weight is 323 g/mol. The van der Waals surface area contributed by atoms with Crippen molar-refractivity contribution in [1.82, 2.24) is 15.1 Å². The second-order valence-electron chi connectivity index (χ2n) is 6.95. The van der Waals surface area contributed by atoms with Crippen molar-refractivity contribution in [2.75, 3.05) is 26.2 Å². The zero-order chi connectivity index (χ0) is 16.8. The molecule has 0 aromatic heterocycles. The second kappa shape index (κ2) is 8.31. The molecule has 0 aromatic rings. The van der Waals surface area contributed by atoms with Crippen molar-refractivity contribution in [2.24, 2.45) is 11.8 Å². The van der Waals surface area contributed by atoms with E-state index in [0.717, 1.165) is 51.1 Å². The molecule has 2 aliphatic rings. The molecule has 6 heteroatoms. The molecule has 2 rings (SSSR count). The van der Waals surface area contributed by atoms with Gasteiger partial charge in [0.25, 0.3) is 0 Å². The summed E-state index contributed by atoms with van der Waals surface area (Å²) in [6.07, 6.45) is 5.11. The predicted molar refractivity (Wildman–Crippen MR) is 87.7 cm³/mol. The maximum Gasteiger partial charge on any atom is 0.317 e. The van der Waals surface area contributed by atoms with E-state index >= 15 is 0 Å². The monoisotopic (exact) mass is 323 g/mol. The quantitative estimate of drug-likeness (QED) is 0.600. The summed E-state index contributed by atoms with van der Waals surface area (Å²) in [6.45, 7) is 6.90. The smallest absolute Gasteiger partial charge is 0.317 e. The first-order valence-electron chi connectivity index (χ1n) is 8.86. The molecular formula is C17H29N3O3. The lowest BCUT2D eigenvalue weighted by Gasteiger charge is -2.30. The van der Waals surface area contributed by atoms with Crippen LogP contribution in [0.15, 0.2) is 0 Å². The Bertz CT molecular complexity index is 444. The van der Waals surface area contributed by atoms with Gasteiger partial charge in [-0.2, -0.15) is 0 Å². The molecule has 0 aliphatic carbocycles. The van der Waals surface area contributed by atoms with Crippen molar-refractivity contribution >= 4 is 17.8 Å². The number of likely N-dealkylation sites (tertiary alicyclic amines) is 2. The molecule has 0 spiro atoms. The fourth-order valence-electron chi connectivity index (χ4n) is 3.17. The SMILES string of the molecule is CC1CCN(C(=O)NCCCCCN2C(=O)CC(C)C2=O)CC1. The number of nitrogens with one attached hydrogen (secondary N) is 1. The average Bonchev–Trinajstić information content (AvgIpc) is 2.77. The first-order valence-corrected chi connectivity index (χ1v) is 8.86. The number of urea groups is 1. The Morgan fingerprint density at radius 2 is 1.83 bits per heavy atom. The standard InChI is InChI=1S/C17H29N3O3/c1-13-6-10-19(11-7-13)17(23)18-8-4-3-5-9-20-15(21)12-14(2)16(20)22/h13-14H,3-12H2,1-2H3,(H,18,23). The Morgan fingerprint density at radius 1 is 1.13 bits per heavy atom. The predicted octanol–water partition coefficient (Wildman–Crippen LogP) is 1.99. The van der Waals surface area contributed by atoms with E-state index in [1.54, 1.807) is 6.92 Å². The number of hydrogen-bond donors (Lipinski definition) is 1. The van der Waals surface area contributed by atoms with E-state index in [2.05, 4.69) is 12.2 Å². The zero-order valence-corrected chi connectivity index (χ0v) is 14.3. The molecule has 130 valence electrons. The minimum atomic E-state index is -0.158. The van der Waals surface area contributed by atoms with Crippen LogP contribution in [0.25, 0.3) is 0 Å². The number of carbonyl (C=O) groups is 3. The van der Waals surface area contributed by atoms with Gasteiger partial charge in [0.1, 0.15) is 0 Å². The third kappa shape index (κ3) is 4.94. The number of hydrogen-bond acceptors (Lipinski definition) is 3. The summed E-state index contributed by atoms with van der Waals surface area (Å²) in [6, 6.07) is 0.0376. The molecule has 4 amide bonds. The van der Waals surface area contributed by atoms with Gasteiger partial charge in [0.15, 0.2) is 0 Å². The lowest BCUT2D eigenvalue weighted by Crippen LogP contribution is -2.44. The molecule has 6 nitrogen and oxygen atoms in total. The third-order valence-electron chi connectivity index (χ3n) is 4.88. The van der Waals surface area contributed by atoms with E-state index in [1.165, 1.54) is 4.90 Å². The molecule has 2 heterocycles. The number of piperidine rings is 1. The molecule has 1 unspecified atom stereocenters. The molecular weight excluding hydrogens is 294 g/mol. The van der Waals surface area contributed by atoms with Crippen LogP contribution < -0.4 is 5.32 Å². The van der Waals surface area contributed by atoms with Gasteiger partial charge >= 0.3 is 6.03 Å². The molecule has 0 saturated carbocycles. The van der Waals surface area contributed by atoms with Gasteiger partial charge in [-0.3, -0.25) is 14.5 Å². The van der Waals surface area contributed by atoms with Gasteiger partial charge in [-0.15, -0.1) is 0 Å². The van der Waals surface area contributed by atoms with Crippen LogP contribution in [0.5, 0.6) is 0 Å².